The van der Waals surface area contributed by atoms with Gasteiger partial charge >= 0.3 is 0 Å². The van der Waals surface area contributed by atoms with Crippen LogP contribution in [0.1, 0.15) is 10.4 Å². The van der Waals surface area contributed by atoms with E-state index in [1.165, 1.54) is 4.88 Å². The first-order valence-electron chi connectivity index (χ1n) is 4.78. The lowest BCUT2D eigenvalue weighted by atomic mass is 10.2. The molecule has 0 amide bonds. The molecule has 0 unspecified atom stereocenters. The van der Waals surface area contributed by atoms with Crippen LogP contribution < -0.4 is 5.32 Å². The first kappa shape index (κ1) is 11.9. The molecule has 84 valence electrons. The lowest BCUT2D eigenvalue weighted by Crippen LogP contribution is -2.12. The first-order chi connectivity index (χ1) is 7.75. The van der Waals surface area contributed by atoms with Gasteiger partial charge in [0.25, 0.3) is 0 Å². The standard InChI is InChI=1S/C11H10Cl2N2S/c12-9-2-1-8(11(13)3-9)4-14-5-10-6-15-7-16-10/h1-3,6-7,14H,4-5H2. The molecule has 1 aromatic carbocycles. The highest BCUT2D eigenvalue weighted by Gasteiger charge is 2.01. The number of hydrogen-bond acceptors (Lipinski definition) is 3. The molecule has 0 spiro atoms. The molecule has 2 rings (SSSR count). The molecule has 0 bridgehead atoms. The maximum Gasteiger partial charge on any atom is 0.0794 e. The predicted molar refractivity (Wildman–Crippen MR) is 69.1 cm³/mol. The Morgan fingerprint density at radius 1 is 1.25 bits per heavy atom. The lowest BCUT2D eigenvalue weighted by molar-refractivity contribution is 0.700. The van der Waals surface area contributed by atoms with E-state index in [0.29, 0.717) is 10.0 Å². The molecule has 0 saturated heterocycles. The number of thiazole rings is 1. The van der Waals surface area contributed by atoms with E-state index in [-0.39, 0.29) is 0 Å². The topological polar surface area (TPSA) is 24.9 Å². The Morgan fingerprint density at radius 2 is 2.12 bits per heavy atom. The Hall–Kier alpha value is -0.610. The van der Waals surface area contributed by atoms with Crippen LogP contribution in [0.25, 0.3) is 0 Å². The number of hydrogen-bond donors (Lipinski definition) is 1. The van der Waals surface area contributed by atoms with Gasteiger partial charge in [0.05, 0.1) is 5.51 Å². The molecule has 0 fully saturated rings. The van der Waals surface area contributed by atoms with Gasteiger partial charge in [0.2, 0.25) is 0 Å². The average Bonchev–Trinajstić information content (AvgIpc) is 2.74. The smallest absolute Gasteiger partial charge is 0.0794 e. The summed E-state index contributed by atoms with van der Waals surface area (Å²) in [7, 11) is 0. The van der Waals surface area contributed by atoms with E-state index in [4.69, 9.17) is 23.2 Å². The zero-order valence-electron chi connectivity index (χ0n) is 8.41. The number of nitrogens with one attached hydrogen (secondary N) is 1. The van der Waals surface area contributed by atoms with Gasteiger partial charge in [0.1, 0.15) is 0 Å². The Kier molecular flexibility index (Phi) is 4.18. The molecule has 0 aliphatic carbocycles. The van der Waals surface area contributed by atoms with Gasteiger partial charge in [0.15, 0.2) is 0 Å². The maximum absolute atomic E-state index is 6.06. The molecule has 5 heteroatoms. The third kappa shape index (κ3) is 3.19. The van der Waals surface area contributed by atoms with Gasteiger partial charge in [-0.05, 0) is 17.7 Å². The van der Waals surface area contributed by atoms with Crippen molar-refractivity contribution in [3.8, 4) is 0 Å². The van der Waals surface area contributed by atoms with Crippen LogP contribution in [0.2, 0.25) is 10.0 Å². The van der Waals surface area contributed by atoms with Gasteiger partial charge in [-0.15, -0.1) is 11.3 Å². The lowest BCUT2D eigenvalue weighted by Gasteiger charge is -2.05. The van der Waals surface area contributed by atoms with E-state index < -0.39 is 0 Å². The summed E-state index contributed by atoms with van der Waals surface area (Å²) < 4.78 is 0. The number of halogens is 2. The van der Waals surface area contributed by atoms with E-state index in [1.54, 1.807) is 17.4 Å². The quantitative estimate of drug-likeness (QED) is 0.917. The van der Waals surface area contributed by atoms with Crippen LogP contribution in [0, 0.1) is 0 Å². The van der Waals surface area contributed by atoms with Crippen LogP contribution >= 0.6 is 34.5 Å². The summed E-state index contributed by atoms with van der Waals surface area (Å²) in [5.41, 5.74) is 2.88. The number of aromatic nitrogens is 1. The fourth-order valence-corrected chi connectivity index (χ4v) is 2.35. The molecule has 2 aromatic rings. The third-order valence-corrected chi connectivity index (χ3v) is 3.48. The van der Waals surface area contributed by atoms with Gasteiger partial charge < -0.3 is 5.32 Å². The summed E-state index contributed by atoms with van der Waals surface area (Å²) >= 11 is 13.5. The Balaban J connectivity index is 1.90. The Bertz CT molecular complexity index is 457. The second kappa shape index (κ2) is 5.64. The fourth-order valence-electron chi connectivity index (χ4n) is 1.31. The summed E-state index contributed by atoms with van der Waals surface area (Å²) in [6.45, 7) is 1.54. The van der Waals surface area contributed by atoms with Crippen molar-refractivity contribution in [3.05, 3.63) is 50.4 Å². The number of rotatable bonds is 4. The van der Waals surface area contributed by atoms with Crippen molar-refractivity contribution >= 4 is 34.5 Å². The number of nitrogens with zero attached hydrogens (tertiary/aromatic N) is 1. The summed E-state index contributed by atoms with van der Waals surface area (Å²) in [6.07, 6.45) is 1.86. The molecule has 0 saturated carbocycles. The van der Waals surface area contributed by atoms with Crippen LogP contribution in [0.3, 0.4) is 0 Å². The fraction of sp³-hybridized carbons (Fsp3) is 0.182. The molecule has 1 N–H and O–H groups in total. The van der Waals surface area contributed by atoms with Gasteiger partial charge in [0, 0.05) is 34.2 Å². The van der Waals surface area contributed by atoms with Crippen molar-refractivity contribution in [2.45, 2.75) is 13.1 Å². The van der Waals surface area contributed by atoms with Crippen molar-refractivity contribution in [2.75, 3.05) is 0 Å². The predicted octanol–water partition coefficient (Wildman–Crippen LogP) is 3.74. The molecule has 16 heavy (non-hydrogen) atoms. The van der Waals surface area contributed by atoms with Crippen molar-refractivity contribution in [2.24, 2.45) is 0 Å². The van der Waals surface area contributed by atoms with Crippen molar-refractivity contribution in [1.82, 2.24) is 10.3 Å². The summed E-state index contributed by atoms with van der Waals surface area (Å²) in [5, 5.41) is 4.67. The van der Waals surface area contributed by atoms with Crippen LogP contribution in [-0.2, 0) is 13.1 Å². The van der Waals surface area contributed by atoms with E-state index in [1.807, 2.05) is 23.8 Å². The van der Waals surface area contributed by atoms with Crippen molar-refractivity contribution < 1.29 is 0 Å². The molecular formula is C11H10Cl2N2S. The first-order valence-corrected chi connectivity index (χ1v) is 6.41. The zero-order chi connectivity index (χ0) is 11.4. The van der Waals surface area contributed by atoms with Gasteiger partial charge in [-0.2, -0.15) is 0 Å². The van der Waals surface area contributed by atoms with E-state index in [9.17, 15) is 0 Å². The van der Waals surface area contributed by atoms with Crippen LogP contribution in [0.4, 0.5) is 0 Å². The monoisotopic (exact) mass is 272 g/mol. The largest absolute Gasteiger partial charge is 0.308 e. The normalized spacial score (nSPS) is 10.6. The van der Waals surface area contributed by atoms with Gasteiger partial charge in [-0.3, -0.25) is 4.98 Å². The molecule has 0 aliphatic heterocycles. The summed E-state index contributed by atoms with van der Waals surface area (Å²) in [6, 6.07) is 5.54. The second-order valence-corrected chi connectivity index (χ2v) is 5.12. The second-order valence-electron chi connectivity index (χ2n) is 3.31. The minimum atomic E-state index is 0.663. The molecule has 1 aromatic heterocycles. The average molecular weight is 273 g/mol. The molecule has 0 aliphatic rings. The van der Waals surface area contributed by atoms with Gasteiger partial charge in [-0.25, -0.2) is 0 Å². The van der Waals surface area contributed by atoms with Gasteiger partial charge in [-0.1, -0.05) is 29.3 Å². The zero-order valence-corrected chi connectivity index (χ0v) is 10.7. The molecule has 1 heterocycles. The van der Waals surface area contributed by atoms with E-state index >= 15 is 0 Å². The van der Waals surface area contributed by atoms with E-state index in [0.717, 1.165) is 18.7 Å². The minimum absolute atomic E-state index is 0.663. The van der Waals surface area contributed by atoms with Crippen molar-refractivity contribution in [3.63, 3.8) is 0 Å². The highest BCUT2D eigenvalue weighted by Crippen LogP contribution is 2.20. The molecular weight excluding hydrogens is 263 g/mol. The minimum Gasteiger partial charge on any atom is -0.308 e. The van der Waals surface area contributed by atoms with Crippen molar-refractivity contribution in [1.29, 1.82) is 0 Å². The molecule has 0 radical (unpaired) electrons. The highest BCUT2D eigenvalue weighted by atomic mass is 35.5. The maximum atomic E-state index is 6.06. The SMILES string of the molecule is Clc1ccc(CNCc2cncs2)c(Cl)c1. The van der Waals surface area contributed by atoms with Crippen LogP contribution in [0.15, 0.2) is 29.9 Å². The van der Waals surface area contributed by atoms with E-state index in [2.05, 4.69) is 10.3 Å². The highest BCUT2D eigenvalue weighted by molar-refractivity contribution is 7.09. The number of benzene rings is 1. The summed E-state index contributed by atoms with van der Waals surface area (Å²) in [5.74, 6) is 0. The van der Waals surface area contributed by atoms with Crippen LogP contribution in [-0.4, -0.2) is 4.98 Å². The van der Waals surface area contributed by atoms with Crippen LogP contribution in [0.5, 0.6) is 0 Å². The molecule has 2 nitrogen and oxygen atoms in total. The Morgan fingerprint density at radius 3 is 2.81 bits per heavy atom. The summed E-state index contributed by atoms with van der Waals surface area (Å²) in [4.78, 5) is 5.23. The third-order valence-electron chi connectivity index (χ3n) is 2.11. The molecule has 0 atom stereocenters. The Labute approximate surface area is 108 Å².